The summed E-state index contributed by atoms with van der Waals surface area (Å²) >= 11 is 18.7. The predicted octanol–water partition coefficient (Wildman–Crippen LogP) is 4.59. The van der Waals surface area contributed by atoms with Crippen LogP contribution in [0, 0.1) is 0 Å². The molecule has 2 aromatic heterocycles. The molecule has 12 heteroatoms. The average Bonchev–Trinajstić information content (AvgIpc) is 3.22. The Morgan fingerprint density at radius 1 is 1.26 bits per heavy atom. The third kappa shape index (κ3) is 4.36. The molecule has 1 aromatic carbocycles. The first-order valence-electron chi connectivity index (χ1n) is 8.81. The zero-order valence-electron chi connectivity index (χ0n) is 15.7. The van der Waals surface area contributed by atoms with Gasteiger partial charge in [0, 0.05) is 36.0 Å². The highest BCUT2D eigenvalue weighted by Gasteiger charge is 2.24. The minimum Gasteiger partial charge on any atom is -0.456 e. The molecule has 160 valence electrons. The summed E-state index contributed by atoms with van der Waals surface area (Å²) in [5.41, 5.74) is 1.59. The van der Waals surface area contributed by atoms with Gasteiger partial charge in [0.05, 0.1) is 15.0 Å². The number of carbonyl (C=O) groups excluding carboxylic acids is 1. The van der Waals surface area contributed by atoms with Crippen molar-refractivity contribution in [1.29, 1.82) is 0 Å². The summed E-state index contributed by atoms with van der Waals surface area (Å²) < 4.78 is 33.5. The Kier molecular flexibility index (Phi) is 6.12. The van der Waals surface area contributed by atoms with Crippen molar-refractivity contribution in [2.75, 3.05) is 6.54 Å². The lowest BCUT2D eigenvalue weighted by molar-refractivity contribution is -0.115. The van der Waals surface area contributed by atoms with Gasteiger partial charge in [0.1, 0.15) is 20.6 Å². The van der Waals surface area contributed by atoms with E-state index in [1.807, 2.05) is 0 Å². The summed E-state index contributed by atoms with van der Waals surface area (Å²) in [6.07, 6.45) is 4.77. The summed E-state index contributed by atoms with van der Waals surface area (Å²) in [5.74, 6) is 0.153. The molecule has 1 aliphatic rings. The molecule has 1 saturated heterocycles. The van der Waals surface area contributed by atoms with Crippen LogP contribution in [-0.2, 0) is 14.8 Å². The number of thiocarbonyl (C=S) groups is 1. The van der Waals surface area contributed by atoms with Crippen molar-refractivity contribution in [3.63, 3.8) is 0 Å². The van der Waals surface area contributed by atoms with Gasteiger partial charge in [0.25, 0.3) is 5.91 Å². The summed E-state index contributed by atoms with van der Waals surface area (Å²) in [5, 5.41) is 3.18. The number of sulfonamides is 1. The van der Waals surface area contributed by atoms with Crippen molar-refractivity contribution in [3.8, 4) is 11.1 Å². The first-order chi connectivity index (χ1) is 14.7. The fourth-order valence-corrected chi connectivity index (χ4v) is 6.32. The number of thioether (sulfide) groups is 1. The molecule has 2 N–H and O–H groups in total. The van der Waals surface area contributed by atoms with Crippen LogP contribution < -0.4 is 10.0 Å². The Balaban J connectivity index is 1.81. The van der Waals surface area contributed by atoms with Crippen molar-refractivity contribution in [1.82, 2.24) is 15.0 Å². The molecule has 3 heterocycles. The first kappa shape index (κ1) is 22.3. The molecule has 0 radical (unpaired) electrons. The number of fused-ring (bicyclic) bond motifs is 1. The molecule has 1 aliphatic heterocycles. The number of carbonyl (C=O) groups is 1. The van der Waals surface area contributed by atoms with E-state index >= 15 is 0 Å². The second-order valence-corrected chi connectivity index (χ2v) is 10.6. The number of aromatic nitrogens is 1. The number of pyridine rings is 1. The molecular weight excluding hydrogens is 501 g/mol. The average molecular weight is 514 g/mol. The highest BCUT2D eigenvalue weighted by atomic mass is 35.5. The van der Waals surface area contributed by atoms with E-state index in [1.165, 1.54) is 12.1 Å². The minimum atomic E-state index is -3.84. The third-order valence-electron chi connectivity index (χ3n) is 4.27. The van der Waals surface area contributed by atoms with Crippen LogP contribution in [0.3, 0.4) is 0 Å². The Morgan fingerprint density at radius 2 is 1.97 bits per heavy atom. The molecule has 0 saturated carbocycles. The topological polar surface area (TPSA) is 101 Å². The maximum atomic E-state index is 12.4. The van der Waals surface area contributed by atoms with Crippen molar-refractivity contribution in [3.05, 3.63) is 51.3 Å². The number of nitrogens with one attached hydrogen (secondary N) is 2. The van der Waals surface area contributed by atoms with Gasteiger partial charge in [0.2, 0.25) is 10.0 Å². The van der Waals surface area contributed by atoms with Crippen molar-refractivity contribution < 1.29 is 17.6 Å². The molecule has 31 heavy (non-hydrogen) atoms. The number of rotatable bonds is 5. The Labute approximate surface area is 197 Å². The number of benzene rings is 1. The molecule has 1 fully saturated rings. The Morgan fingerprint density at radius 3 is 2.58 bits per heavy atom. The SMILES string of the molecule is CCNS(=O)(=O)c1c(Cl)cc(-c2cncc3cc(/C=C4/SC(=S)NC4=O)oc23)cc1Cl. The van der Waals surface area contributed by atoms with E-state index in [9.17, 15) is 13.2 Å². The van der Waals surface area contributed by atoms with Crippen LogP contribution in [0.2, 0.25) is 10.0 Å². The fourth-order valence-electron chi connectivity index (χ4n) is 3.04. The number of nitrogens with zero attached hydrogens (tertiary/aromatic N) is 1. The summed E-state index contributed by atoms with van der Waals surface area (Å²) in [7, 11) is -3.84. The molecule has 7 nitrogen and oxygen atoms in total. The standard InChI is InChI=1S/C19H13Cl2N3O4S3/c1-2-23-31(26,27)17-13(20)4-9(5-14(17)21)12-8-22-7-10-3-11(28-16(10)12)6-15-18(25)24-19(29)30-15/h3-8,23H,2H2,1H3,(H,24,25,29)/b15-6+. The van der Waals surface area contributed by atoms with Crippen molar-refractivity contribution in [2.24, 2.45) is 0 Å². The second kappa shape index (κ2) is 8.53. The zero-order chi connectivity index (χ0) is 22.3. The first-order valence-corrected chi connectivity index (χ1v) is 12.3. The highest BCUT2D eigenvalue weighted by Crippen LogP contribution is 2.38. The van der Waals surface area contributed by atoms with Crippen LogP contribution in [-0.4, -0.2) is 30.2 Å². The molecule has 0 unspecified atom stereocenters. The second-order valence-electron chi connectivity index (χ2n) is 6.38. The number of hydrogen-bond donors (Lipinski definition) is 2. The number of hydrogen-bond acceptors (Lipinski definition) is 7. The van der Waals surface area contributed by atoms with E-state index in [0.29, 0.717) is 37.1 Å². The van der Waals surface area contributed by atoms with E-state index in [1.54, 1.807) is 31.5 Å². The van der Waals surface area contributed by atoms with Crippen LogP contribution in [0.15, 0.2) is 44.8 Å². The van der Waals surface area contributed by atoms with Crippen LogP contribution in [0.1, 0.15) is 12.7 Å². The lowest BCUT2D eigenvalue weighted by atomic mass is 10.1. The van der Waals surface area contributed by atoms with Crippen molar-refractivity contribution >= 4 is 84.5 Å². The fraction of sp³-hybridized carbons (Fsp3) is 0.105. The molecule has 0 bridgehead atoms. The number of amides is 1. The lowest BCUT2D eigenvalue weighted by Crippen LogP contribution is -2.23. The zero-order valence-corrected chi connectivity index (χ0v) is 19.7. The lowest BCUT2D eigenvalue weighted by Gasteiger charge is -2.11. The van der Waals surface area contributed by atoms with Gasteiger partial charge in [-0.25, -0.2) is 13.1 Å². The molecule has 4 rings (SSSR count). The van der Waals surface area contributed by atoms with Gasteiger partial charge in [-0.1, -0.05) is 54.1 Å². The summed E-state index contributed by atoms with van der Waals surface area (Å²) in [4.78, 5) is 16.4. The third-order valence-corrected chi connectivity index (χ3v) is 7.90. The predicted molar refractivity (Wildman–Crippen MR) is 127 cm³/mol. The van der Waals surface area contributed by atoms with Gasteiger partial charge in [-0.15, -0.1) is 0 Å². The van der Waals surface area contributed by atoms with Crippen molar-refractivity contribution in [2.45, 2.75) is 11.8 Å². The minimum absolute atomic E-state index is 0.0260. The monoisotopic (exact) mass is 513 g/mol. The molecule has 3 aromatic rings. The van der Waals surface area contributed by atoms with Crippen LogP contribution >= 0.6 is 47.2 Å². The van der Waals surface area contributed by atoms with E-state index in [2.05, 4.69) is 15.0 Å². The smallest absolute Gasteiger partial charge is 0.263 e. The number of furan rings is 1. The Bertz CT molecular complexity index is 1360. The quantitative estimate of drug-likeness (QED) is 0.380. The van der Waals surface area contributed by atoms with E-state index in [-0.39, 0.29) is 27.4 Å². The maximum Gasteiger partial charge on any atom is 0.263 e. The van der Waals surface area contributed by atoms with E-state index in [0.717, 1.165) is 11.8 Å². The van der Waals surface area contributed by atoms with Crippen LogP contribution in [0.4, 0.5) is 0 Å². The maximum absolute atomic E-state index is 12.4. The van der Waals surface area contributed by atoms with Gasteiger partial charge in [-0.2, -0.15) is 0 Å². The number of halogens is 2. The Hall–Kier alpha value is -1.95. The van der Waals surface area contributed by atoms with Gasteiger partial charge in [-0.3, -0.25) is 9.78 Å². The van der Waals surface area contributed by atoms with Crippen LogP contribution in [0.5, 0.6) is 0 Å². The van der Waals surface area contributed by atoms with Gasteiger partial charge >= 0.3 is 0 Å². The summed E-state index contributed by atoms with van der Waals surface area (Å²) in [6.45, 7) is 1.86. The van der Waals surface area contributed by atoms with E-state index < -0.39 is 10.0 Å². The molecular formula is C19H13Cl2N3O4S3. The van der Waals surface area contributed by atoms with Gasteiger partial charge in [0.15, 0.2) is 0 Å². The van der Waals surface area contributed by atoms with Gasteiger partial charge in [-0.05, 0) is 23.8 Å². The van der Waals surface area contributed by atoms with Crippen LogP contribution in [0.25, 0.3) is 28.2 Å². The molecule has 1 amide bonds. The van der Waals surface area contributed by atoms with Gasteiger partial charge < -0.3 is 9.73 Å². The normalized spacial score (nSPS) is 15.8. The molecule has 0 aliphatic carbocycles. The highest BCUT2D eigenvalue weighted by molar-refractivity contribution is 8.26. The largest absolute Gasteiger partial charge is 0.456 e. The molecule has 0 atom stereocenters. The summed E-state index contributed by atoms with van der Waals surface area (Å²) in [6, 6.07) is 4.72. The van der Waals surface area contributed by atoms with E-state index in [4.69, 9.17) is 39.8 Å². The molecule has 0 spiro atoms.